The van der Waals surface area contributed by atoms with E-state index in [1.165, 1.54) is 4.88 Å². The molecule has 1 aromatic carbocycles. The van der Waals surface area contributed by atoms with Gasteiger partial charge in [-0.1, -0.05) is 30.3 Å². The molecule has 2 aromatic heterocycles. The monoisotopic (exact) mass is 336 g/mol. The van der Waals surface area contributed by atoms with Crippen molar-refractivity contribution >= 4 is 17.3 Å². The number of carbonyl (C=O) groups is 1. The Morgan fingerprint density at radius 2 is 1.96 bits per heavy atom. The molecule has 120 valence electrons. The fourth-order valence-corrected chi connectivity index (χ4v) is 3.43. The average Bonchev–Trinajstić information content (AvgIpc) is 3.22. The first kappa shape index (κ1) is 16.0. The Balaban J connectivity index is 2.08. The van der Waals surface area contributed by atoms with Gasteiger partial charge in [-0.25, -0.2) is 4.79 Å². The van der Waals surface area contributed by atoms with E-state index in [0.29, 0.717) is 23.4 Å². The number of esters is 1. The SMILES string of the molecule is CCOC(=O)c1c(-c2ccc(-c3cccs3)cc2)c(C#N)cn1C. The predicted octanol–water partition coefficient (Wildman–Crippen LogP) is 4.47. The van der Waals surface area contributed by atoms with Crippen molar-refractivity contribution in [2.24, 2.45) is 7.05 Å². The van der Waals surface area contributed by atoms with Gasteiger partial charge >= 0.3 is 5.97 Å². The summed E-state index contributed by atoms with van der Waals surface area (Å²) in [7, 11) is 1.75. The first-order valence-corrected chi connectivity index (χ1v) is 8.44. The summed E-state index contributed by atoms with van der Waals surface area (Å²) in [6.45, 7) is 2.06. The Labute approximate surface area is 144 Å². The summed E-state index contributed by atoms with van der Waals surface area (Å²) in [6.07, 6.45) is 1.66. The highest BCUT2D eigenvalue weighted by Crippen LogP contribution is 2.32. The van der Waals surface area contributed by atoms with Crippen molar-refractivity contribution in [3.05, 3.63) is 59.2 Å². The van der Waals surface area contributed by atoms with Crippen LogP contribution in [0.15, 0.2) is 48.0 Å². The first-order valence-electron chi connectivity index (χ1n) is 7.56. The molecular weight excluding hydrogens is 320 g/mol. The van der Waals surface area contributed by atoms with Gasteiger partial charge in [-0.05, 0) is 29.5 Å². The van der Waals surface area contributed by atoms with E-state index in [4.69, 9.17) is 4.74 Å². The van der Waals surface area contributed by atoms with Crippen LogP contribution < -0.4 is 0 Å². The molecule has 0 bridgehead atoms. The maximum absolute atomic E-state index is 12.3. The van der Waals surface area contributed by atoms with Crippen LogP contribution in [0, 0.1) is 11.3 Å². The lowest BCUT2D eigenvalue weighted by Gasteiger charge is -2.08. The molecule has 3 rings (SSSR count). The van der Waals surface area contributed by atoms with Gasteiger partial charge in [-0.2, -0.15) is 5.26 Å². The van der Waals surface area contributed by atoms with E-state index < -0.39 is 5.97 Å². The Morgan fingerprint density at radius 1 is 1.25 bits per heavy atom. The summed E-state index contributed by atoms with van der Waals surface area (Å²) in [4.78, 5) is 13.5. The van der Waals surface area contributed by atoms with Gasteiger partial charge in [0.15, 0.2) is 0 Å². The summed E-state index contributed by atoms with van der Waals surface area (Å²) in [6, 6.07) is 14.1. The summed E-state index contributed by atoms with van der Waals surface area (Å²) >= 11 is 1.67. The van der Waals surface area contributed by atoms with Gasteiger partial charge < -0.3 is 9.30 Å². The molecule has 0 aliphatic heterocycles. The number of thiophene rings is 1. The standard InChI is InChI=1S/C19H16N2O2S/c1-3-23-19(22)18-17(15(11-20)12-21(18)2)14-8-6-13(7-9-14)16-5-4-10-24-16/h4-10,12H,3H2,1-2H3. The Bertz CT molecular complexity index is 900. The van der Waals surface area contributed by atoms with Crippen LogP contribution in [0.4, 0.5) is 0 Å². The summed E-state index contributed by atoms with van der Waals surface area (Å²) < 4.78 is 6.80. The first-order chi connectivity index (χ1) is 11.7. The third kappa shape index (κ3) is 2.84. The molecule has 0 fully saturated rings. The molecule has 0 amide bonds. The van der Waals surface area contributed by atoms with Crippen molar-refractivity contribution in [3.8, 4) is 27.6 Å². The van der Waals surface area contributed by atoms with Gasteiger partial charge in [0.05, 0.1) is 12.2 Å². The molecule has 0 aliphatic carbocycles. The zero-order chi connectivity index (χ0) is 17.1. The van der Waals surface area contributed by atoms with Crippen molar-refractivity contribution < 1.29 is 9.53 Å². The highest BCUT2D eigenvalue weighted by Gasteiger charge is 2.22. The lowest BCUT2D eigenvalue weighted by molar-refractivity contribution is 0.0516. The topological polar surface area (TPSA) is 55.0 Å². The number of carbonyl (C=O) groups excluding carboxylic acids is 1. The number of ether oxygens (including phenoxy) is 1. The van der Waals surface area contributed by atoms with Gasteiger partial charge in [0.25, 0.3) is 0 Å². The number of benzene rings is 1. The summed E-state index contributed by atoms with van der Waals surface area (Å²) in [5.74, 6) is -0.418. The number of aromatic nitrogens is 1. The quantitative estimate of drug-likeness (QED) is 0.661. The molecule has 0 aliphatic rings. The zero-order valence-corrected chi connectivity index (χ0v) is 14.3. The van der Waals surface area contributed by atoms with Crippen LogP contribution in [0.2, 0.25) is 0 Å². The maximum atomic E-state index is 12.3. The maximum Gasteiger partial charge on any atom is 0.355 e. The Morgan fingerprint density at radius 3 is 2.54 bits per heavy atom. The Kier molecular flexibility index (Phi) is 4.50. The fourth-order valence-electron chi connectivity index (χ4n) is 2.69. The molecule has 4 nitrogen and oxygen atoms in total. The third-order valence-corrected chi connectivity index (χ3v) is 4.67. The number of nitrogens with zero attached hydrogens (tertiary/aromatic N) is 2. The minimum atomic E-state index is -0.418. The predicted molar refractivity (Wildman–Crippen MR) is 94.8 cm³/mol. The van der Waals surface area contributed by atoms with Crippen molar-refractivity contribution in [1.82, 2.24) is 4.57 Å². The largest absolute Gasteiger partial charge is 0.461 e. The normalized spacial score (nSPS) is 10.4. The summed E-state index contributed by atoms with van der Waals surface area (Å²) in [5, 5.41) is 11.5. The van der Waals surface area contributed by atoms with E-state index in [0.717, 1.165) is 11.1 Å². The van der Waals surface area contributed by atoms with Gasteiger partial charge in [0, 0.05) is 23.7 Å². The lowest BCUT2D eigenvalue weighted by Crippen LogP contribution is -2.10. The van der Waals surface area contributed by atoms with Crippen molar-refractivity contribution in [2.75, 3.05) is 6.61 Å². The second kappa shape index (κ2) is 6.73. The summed E-state index contributed by atoms with van der Waals surface area (Å²) in [5.41, 5.74) is 3.43. The second-order valence-corrected chi connectivity index (χ2v) is 6.21. The molecule has 0 N–H and O–H groups in total. The smallest absolute Gasteiger partial charge is 0.355 e. The van der Waals surface area contributed by atoms with E-state index in [1.54, 1.807) is 36.1 Å². The number of hydrogen-bond donors (Lipinski definition) is 0. The molecule has 3 aromatic rings. The van der Waals surface area contributed by atoms with E-state index in [2.05, 4.69) is 12.1 Å². The van der Waals surface area contributed by atoms with Crippen molar-refractivity contribution in [2.45, 2.75) is 6.92 Å². The van der Waals surface area contributed by atoms with Gasteiger partial charge in [0.1, 0.15) is 11.8 Å². The zero-order valence-electron chi connectivity index (χ0n) is 13.4. The lowest BCUT2D eigenvalue weighted by atomic mass is 10.00. The molecular formula is C19H16N2O2S. The molecule has 24 heavy (non-hydrogen) atoms. The van der Waals surface area contributed by atoms with Crippen LogP contribution in [-0.4, -0.2) is 17.1 Å². The minimum absolute atomic E-state index is 0.294. The molecule has 0 spiro atoms. The Hall–Kier alpha value is -2.84. The van der Waals surface area contributed by atoms with E-state index >= 15 is 0 Å². The molecule has 0 saturated carbocycles. The van der Waals surface area contributed by atoms with Crippen molar-refractivity contribution in [1.29, 1.82) is 5.26 Å². The van der Waals surface area contributed by atoms with Crippen LogP contribution in [0.3, 0.4) is 0 Å². The third-order valence-electron chi connectivity index (χ3n) is 3.75. The van der Waals surface area contributed by atoms with Gasteiger partial charge in [-0.15, -0.1) is 11.3 Å². The highest BCUT2D eigenvalue weighted by atomic mass is 32.1. The van der Waals surface area contributed by atoms with Crippen molar-refractivity contribution in [3.63, 3.8) is 0 Å². The van der Waals surface area contributed by atoms with E-state index in [-0.39, 0.29) is 0 Å². The minimum Gasteiger partial charge on any atom is -0.461 e. The average molecular weight is 336 g/mol. The van der Waals surface area contributed by atoms with Crippen LogP contribution >= 0.6 is 11.3 Å². The number of rotatable bonds is 4. The van der Waals surface area contributed by atoms with Crippen LogP contribution in [0.5, 0.6) is 0 Å². The highest BCUT2D eigenvalue weighted by molar-refractivity contribution is 7.13. The number of nitriles is 1. The van der Waals surface area contributed by atoms with E-state index in [1.807, 2.05) is 35.7 Å². The number of hydrogen-bond acceptors (Lipinski definition) is 4. The molecule has 5 heteroatoms. The molecule has 0 saturated heterocycles. The molecule has 0 radical (unpaired) electrons. The van der Waals surface area contributed by atoms with E-state index in [9.17, 15) is 10.1 Å². The fraction of sp³-hybridized carbons (Fsp3) is 0.158. The molecule has 0 unspecified atom stereocenters. The number of aryl methyl sites for hydroxylation is 1. The molecule has 0 atom stereocenters. The van der Waals surface area contributed by atoms with Crippen LogP contribution in [0.25, 0.3) is 21.6 Å². The van der Waals surface area contributed by atoms with Crippen LogP contribution in [0.1, 0.15) is 23.0 Å². The molecule has 2 heterocycles. The van der Waals surface area contributed by atoms with Gasteiger partial charge in [-0.3, -0.25) is 0 Å². The van der Waals surface area contributed by atoms with Gasteiger partial charge in [0.2, 0.25) is 0 Å². The van der Waals surface area contributed by atoms with Crippen LogP contribution in [-0.2, 0) is 11.8 Å². The second-order valence-electron chi connectivity index (χ2n) is 5.26.